The van der Waals surface area contributed by atoms with Crippen molar-refractivity contribution in [2.75, 3.05) is 0 Å². The Kier molecular flexibility index (Phi) is 7.03. The molecular formula is C3H6NO2Y-. The average molecular weight is 177 g/mol. The summed E-state index contributed by atoms with van der Waals surface area (Å²) in [6.07, 6.45) is -1.12. The maximum atomic E-state index is 9.56. The first-order valence-corrected chi connectivity index (χ1v) is 1.58. The van der Waals surface area contributed by atoms with E-state index >= 15 is 0 Å². The molecule has 4 heteroatoms. The van der Waals surface area contributed by atoms with Crippen LogP contribution in [0.4, 0.5) is 0 Å². The molecule has 1 unspecified atom stereocenters. The zero-order valence-corrected chi connectivity index (χ0v) is 6.85. The van der Waals surface area contributed by atoms with Crippen LogP contribution in [0.25, 0.3) is 5.73 Å². The number of hydrogen-bond acceptors (Lipinski definition) is 2. The fourth-order valence-electron chi connectivity index (χ4n) is 0. The molecule has 0 fully saturated rings. The molecule has 0 aliphatic rings. The number of rotatable bonds is 1. The van der Waals surface area contributed by atoms with Gasteiger partial charge in [-0.05, 0) is 6.92 Å². The number of aliphatic hydroxyl groups excluding tert-OH is 1. The summed E-state index contributed by atoms with van der Waals surface area (Å²) in [6.45, 7) is 1.26. The van der Waals surface area contributed by atoms with Gasteiger partial charge in [-0.3, -0.25) is 0 Å². The first kappa shape index (κ1) is 10.5. The third-order valence-corrected chi connectivity index (χ3v) is 0.379. The molecule has 0 aliphatic heterocycles. The second-order valence-electron chi connectivity index (χ2n) is 1.04. The Morgan fingerprint density at radius 2 is 2.00 bits per heavy atom. The Hall–Kier alpha value is 0.534. The Morgan fingerprint density at radius 1 is 1.86 bits per heavy atom. The number of hydrogen-bond donors (Lipinski definition) is 1. The third-order valence-electron chi connectivity index (χ3n) is 0.379. The molecule has 0 saturated heterocycles. The first-order chi connectivity index (χ1) is 2.64. The van der Waals surface area contributed by atoms with Gasteiger partial charge in [0.25, 0.3) is 0 Å². The van der Waals surface area contributed by atoms with Crippen molar-refractivity contribution in [1.82, 2.24) is 0 Å². The van der Waals surface area contributed by atoms with E-state index < -0.39 is 12.0 Å². The van der Waals surface area contributed by atoms with Crippen molar-refractivity contribution < 1.29 is 42.6 Å². The normalized spacial score (nSPS) is 11.7. The number of amides is 1. The van der Waals surface area contributed by atoms with Crippen LogP contribution in [0.15, 0.2) is 0 Å². The van der Waals surface area contributed by atoms with Gasteiger partial charge in [0, 0.05) is 32.7 Å². The summed E-state index contributed by atoms with van der Waals surface area (Å²) >= 11 is 0. The van der Waals surface area contributed by atoms with Gasteiger partial charge in [-0.25, -0.2) is 0 Å². The summed E-state index contributed by atoms with van der Waals surface area (Å²) in [7, 11) is 0. The molecule has 1 radical (unpaired) electrons. The molecule has 0 aliphatic carbocycles. The van der Waals surface area contributed by atoms with Crippen LogP contribution in [0.3, 0.4) is 0 Å². The molecule has 0 bridgehead atoms. The van der Waals surface area contributed by atoms with Crippen LogP contribution in [0, 0.1) is 0 Å². The average Bonchev–Trinajstić information content (AvgIpc) is 1.36. The van der Waals surface area contributed by atoms with Crippen molar-refractivity contribution in [2.45, 2.75) is 13.0 Å². The molecule has 3 nitrogen and oxygen atoms in total. The van der Waals surface area contributed by atoms with E-state index in [0.717, 1.165) is 0 Å². The minimum atomic E-state index is -1.12. The molecule has 2 N–H and O–H groups in total. The molecule has 0 saturated carbocycles. The number of aliphatic hydroxyl groups is 1. The smallest absolute Gasteiger partial charge is 0.0921 e. The van der Waals surface area contributed by atoms with Crippen LogP contribution in [-0.4, -0.2) is 17.1 Å². The maximum Gasteiger partial charge on any atom is 0.0921 e. The van der Waals surface area contributed by atoms with Gasteiger partial charge in [-0.2, -0.15) is 0 Å². The molecule has 0 aromatic carbocycles. The predicted octanol–water partition coefficient (Wildman–Crippen LogP) is -0.0565. The summed E-state index contributed by atoms with van der Waals surface area (Å²) in [5.74, 6) is -0.935. The Labute approximate surface area is 67.1 Å². The van der Waals surface area contributed by atoms with Crippen molar-refractivity contribution in [1.29, 1.82) is 0 Å². The summed E-state index contributed by atoms with van der Waals surface area (Å²) in [5, 5.41) is 8.09. The number of carbonyl (C=O) groups is 1. The third kappa shape index (κ3) is 6.53. The second-order valence-corrected chi connectivity index (χ2v) is 1.04. The summed E-state index contributed by atoms with van der Waals surface area (Å²) in [4.78, 5) is 9.56. The van der Waals surface area contributed by atoms with Gasteiger partial charge < -0.3 is 15.6 Å². The van der Waals surface area contributed by atoms with E-state index in [4.69, 9.17) is 10.8 Å². The van der Waals surface area contributed by atoms with E-state index in [9.17, 15) is 4.79 Å². The fraction of sp³-hybridized carbons (Fsp3) is 0.667. The van der Waals surface area contributed by atoms with E-state index in [1.807, 2.05) is 0 Å². The molecule has 0 aromatic heterocycles. The van der Waals surface area contributed by atoms with Crippen molar-refractivity contribution in [3.8, 4) is 0 Å². The van der Waals surface area contributed by atoms with E-state index in [1.54, 1.807) is 0 Å². The Balaban J connectivity index is 0. The Morgan fingerprint density at radius 3 is 2.00 bits per heavy atom. The fourth-order valence-corrected chi connectivity index (χ4v) is 0. The predicted molar refractivity (Wildman–Crippen MR) is 21.0 cm³/mol. The molecule has 1 amide bonds. The molecule has 0 spiro atoms. The summed E-state index contributed by atoms with van der Waals surface area (Å²) in [5.41, 5.74) is 6.14. The second kappa shape index (κ2) is 4.69. The van der Waals surface area contributed by atoms with Crippen molar-refractivity contribution >= 4 is 5.91 Å². The van der Waals surface area contributed by atoms with Crippen LogP contribution in [0.1, 0.15) is 6.92 Å². The van der Waals surface area contributed by atoms with Gasteiger partial charge in [0.05, 0.1) is 12.0 Å². The number of nitrogens with one attached hydrogen (secondary N) is 1. The molecule has 1 atom stereocenters. The van der Waals surface area contributed by atoms with Crippen LogP contribution in [0.5, 0.6) is 0 Å². The molecular weight excluding hydrogens is 171 g/mol. The minimum Gasteiger partial charge on any atom is -0.666 e. The summed E-state index contributed by atoms with van der Waals surface area (Å²) < 4.78 is 0. The van der Waals surface area contributed by atoms with Crippen LogP contribution < -0.4 is 0 Å². The van der Waals surface area contributed by atoms with Crippen molar-refractivity contribution in [2.24, 2.45) is 0 Å². The Bertz CT molecular complexity index is 64.0. The quantitative estimate of drug-likeness (QED) is 0.609. The summed E-state index contributed by atoms with van der Waals surface area (Å²) in [6, 6.07) is 0. The van der Waals surface area contributed by atoms with E-state index in [-0.39, 0.29) is 32.7 Å². The van der Waals surface area contributed by atoms with Crippen LogP contribution in [0.2, 0.25) is 0 Å². The maximum absolute atomic E-state index is 9.56. The van der Waals surface area contributed by atoms with Gasteiger partial charge in [0.1, 0.15) is 0 Å². The minimum absolute atomic E-state index is 0. The van der Waals surface area contributed by atoms with Gasteiger partial charge in [-0.1, -0.05) is 0 Å². The van der Waals surface area contributed by atoms with Gasteiger partial charge >= 0.3 is 0 Å². The van der Waals surface area contributed by atoms with E-state index in [2.05, 4.69) is 0 Å². The SMILES string of the molecule is CC(O)C([NH-])=O.[Y]. The largest absolute Gasteiger partial charge is 0.666 e. The zero-order chi connectivity index (χ0) is 5.15. The van der Waals surface area contributed by atoms with Gasteiger partial charge in [0.2, 0.25) is 0 Å². The van der Waals surface area contributed by atoms with Gasteiger partial charge in [-0.15, -0.1) is 0 Å². The molecule has 0 heterocycles. The van der Waals surface area contributed by atoms with E-state index in [1.165, 1.54) is 6.92 Å². The molecule has 39 valence electrons. The standard InChI is InChI=1S/C3H7NO2.Y/c1-2(5)3(4)6;/h2,5H,1H3,(H2,4,6);/p-1. The van der Waals surface area contributed by atoms with Crippen molar-refractivity contribution in [3.63, 3.8) is 0 Å². The number of carbonyl (C=O) groups excluding carboxylic acids is 1. The van der Waals surface area contributed by atoms with Crippen LogP contribution in [-0.2, 0) is 37.5 Å². The monoisotopic (exact) mass is 177 g/mol. The topological polar surface area (TPSA) is 61.1 Å². The van der Waals surface area contributed by atoms with Crippen molar-refractivity contribution in [3.05, 3.63) is 5.73 Å². The zero-order valence-electron chi connectivity index (χ0n) is 4.01. The molecule has 0 rings (SSSR count). The first-order valence-electron chi connectivity index (χ1n) is 1.58. The molecule has 0 aromatic rings. The van der Waals surface area contributed by atoms with Crippen LogP contribution >= 0.6 is 0 Å². The van der Waals surface area contributed by atoms with E-state index in [0.29, 0.717) is 0 Å². The van der Waals surface area contributed by atoms with Gasteiger partial charge in [0.15, 0.2) is 0 Å². The molecule has 7 heavy (non-hydrogen) atoms.